The predicted octanol–water partition coefficient (Wildman–Crippen LogP) is 5.06. The highest BCUT2D eigenvalue weighted by Crippen LogP contribution is 2.40. The summed E-state index contributed by atoms with van der Waals surface area (Å²) in [6.07, 6.45) is -1.03. The van der Waals surface area contributed by atoms with Gasteiger partial charge in [-0.1, -0.05) is 17.7 Å². The van der Waals surface area contributed by atoms with Crippen molar-refractivity contribution in [3.05, 3.63) is 62.7 Å². The molecule has 11 heteroatoms. The summed E-state index contributed by atoms with van der Waals surface area (Å²) >= 11 is 6.05. The summed E-state index contributed by atoms with van der Waals surface area (Å²) < 4.78 is 58.8. The zero-order valence-electron chi connectivity index (χ0n) is 19.5. The Hall–Kier alpha value is -2.17. The van der Waals surface area contributed by atoms with Crippen LogP contribution in [-0.2, 0) is 29.7 Å². The molecule has 0 bridgehead atoms. The number of benzene rings is 1. The van der Waals surface area contributed by atoms with Crippen LogP contribution in [0.15, 0.2) is 35.3 Å². The number of nitrogens with zero attached hydrogens (tertiary/aromatic N) is 3. The van der Waals surface area contributed by atoms with Gasteiger partial charge in [0.05, 0.1) is 37.6 Å². The van der Waals surface area contributed by atoms with Gasteiger partial charge in [0, 0.05) is 24.7 Å². The van der Waals surface area contributed by atoms with Crippen LogP contribution < -0.4 is 10.3 Å². The number of alkyl halides is 3. The van der Waals surface area contributed by atoms with Crippen LogP contribution in [0.25, 0.3) is 10.9 Å². The zero-order chi connectivity index (χ0) is 25.2. The highest BCUT2D eigenvalue weighted by atomic mass is 35.5. The number of aryl methyl sites for hydroxylation is 1. The molecule has 2 aromatic heterocycles. The smallest absolute Gasteiger partial charge is 0.311 e. The minimum Gasteiger partial charge on any atom is -0.311 e. The van der Waals surface area contributed by atoms with E-state index in [4.69, 9.17) is 11.6 Å². The third-order valence-corrected chi connectivity index (χ3v) is 8.06. The Balaban J connectivity index is 1.96. The highest BCUT2D eigenvalue weighted by Gasteiger charge is 2.41. The molecule has 2 unspecified atom stereocenters. The summed E-state index contributed by atoms with van der Waals surface area (Å²) in [5.74, 6) is 0. The summed E-state index contributed by atoms with van der Waals surface area (Å²) in [7, 11) is 0.0357. The Labute approximate surface area is 202 Å². The molecule has 0 amide bonds. The maximum Gasteiger partial charge on any atom is 0.417 e. The summed E-state index contributed by atoms with van der Waals surface area (Å²) in [6, 6.07) is 5.39. The molecule has 6 nitrogen and oxygen atoms in total. The third-order valence-electron chi connectivity index (χ3n) is 6.04. The maximum atomic E-state index is 13.3. The van der Waals surface area contributed by atoms with Gasteiger partial charge in [0.1, 0.15) is 0 Å². The van der Waals surface area contributed by atoms with Gasteiger partial charge in [-0.3, -0.25) is 9.48 Å². The van der Waals surface area contributed by atoms with Crippen molar-refractivity contribution < 1.29 is 17.4 Å². The van der Waals surface area contributed by atoms with Crippen molar-refractivity contribution in [2.45, 2.75) is 63.0 Å². The normalized spacial score (nSPS) is 17.7. The summed E-state index contributed by atoms with van der Waals surface area (Å²) in [4.78, 5) is 13.1. The van der Waals surface area contributed by atoms with E-state index in [-0.39, 0.29) is 17.1 Å². The van der Waals surface area contributed by atoms with Gasteiger partial charge in [0.2, 0.25) is 0 Å². The van der Waals surface area contributed by atoms with Gasteiger partial charge in [-0.05, 0) is 64.3 Å². The van der Waals surface area contributed by atoms with Crippen LogP contribution in [0.1, 0.15) is 63.4 Å². The van der Waals surface area contributed by atoms with Gasteiger partial charge in [-0.25, -0.2) is 8.93 Å². The molecule has 2 heterocycles. The lowest BCUT2D eigenvalue weighted by molar-refractivity contribution is -0.137. The van der Waals surface area contributed by atoms with E-state index in [1.54, 1.807) is 51.6 Å². The number of nitrogens with one attached hydrogen (secondary N) is 1. The molecule has 0 radical (unpaired) electrons. The summed E-state index contributed by atoms with van der Waals surface area (Å²) in [5, 5.41) is 4.51. The first-order valence-electron chi connectivity index (χ1n) is 10.8. The first-order chi connectivity index (χ1) is 15.6. The first kappa shape index (κ1) is 24.9. The summed E-state index contributed by atoms with van der Waals surface area (Å²) in [6.45, 7) is 7.06. The largest absolute Gasteiger partial charge is 0.417 e. The SMILES string of the molecule is Cn1nc2c(=O)n(C3CC3)ccc2c1C(C)(NS(=O)C(C)(C)C)c1ccc(C(F)(F)F)c(Cl)c1. The van der Waals surface area contributed by atoms with E-state index in [2.05, 4.69) is 9.82 Å². The van der Waals surface area contributed by atoms with E-state index < -0.39 is 38.0 Å². The lowest BCUT2D eigenvalue weighted by Crippen LogP contribution is -2.48. The Morgan fingerprint density at radius 2 is 1.79 bits per heavy atom. The van der Waals surface area contributed by atoms with Crippen molar-refractivity contribution in [2.75, 3.05) is 0 Å². The average Bonchev–Trinajstić information content (AvgIpc) is 3.48. The molecule has 1 aromatic carbocycles. The molecule has 4 rings (SSSR count). The molecule has 1 aliphatic carbocycles. The van der Waals surface area contributed by atoms with E-state index in [0.717, 1.165) is 18.9 Å². The van der Waals surface area contributed by atoms with Crippen LogP contribution >= 0.6 is 11.6 Å². The van der Waals surface area contributed by atoms with Gasteiger partial charge >= 0.3 is 6.18 Å². The molecule has 184 valence electrons. The molecule has 1 saturated carbocycles. The van der Waals surface area contributed by atoms with Gasteiger partial charge < -0.3 is 4.57 Å². The number of hydrogen-bond acceptors (Lipinski definition) is 3. The van der Waals surface area contributed by atoms with Gasteiger partial charge in [-0.15, -0.1) is 0 Å². The van der Waals surface area contributed by atoms with E-state index in [1.807, 2.05) is 0 Å². The minimum atomic E-state index is -4.61. The Morgan fingerprint density at radius 1 is 1.15 bits per heavy atom. The molecular weight excluding hydrogens is 489 g/mol. The number of fused-ring (bicyclic) bond motifs is 1. The monoisotopic (exact) mass is 514 g/mol. The molecule has 1 N–H and O–H groups in total. The molecule has 34 heavy (non-hydrogen) atoms. The van der Waals surface area contributed by atoms with Crippen molar-refractivity contribution in [3.63, 3.8) is 0 Å². The molecule has 1 aliphatic rings. The van der Waals surface area contributed by atoms with E-state index >= 15 is 0 Å². The van der Waals surface area contributed by atoms with Gasteiger partial charge in [-0.2, -0.15) is 18.3 Å². The molecule has 2 atom stereocenters. The van der Waals surface area contributed by atoms with Crippen LogP contribution in [0.4, 0.5) is 13.2 Å². The van der Waals surface area contributed by atoms with Crippen LogP contribution in [-0.4, -0.2) is 23.3 Å². The van der Waals surface area contributed by atoms with E-state index in [1.165, 1.54) is 16.8 Å². The second-order valence-corrected chi connectivity index (χ2v) is 12.2. The van der Waals surface area contributed by atoms with Crippen molar-refractivity contribution in [1.29, 1.82) is 0 Å². The van der Waals surface area contributed by atoms with E-state index in [9.17, 15) is 22.2 Å². The first-order valence-corrected chi connectivity index (χ1v) is 12.3. The highest BCUT2D eigenvalue weighted by molar-refractivity contribution is 7.84. The van der Waals surface area contributed by atoms with Crippen molar-refractivity contribution in [3.8, 4) is 0 Å². The Morgan fingerprint density at radius 3 is 2.32 bits per heavy atom. The van der Waals surface area contributed by atoms with Crippen LogP contribution in [0.3, 0.4) is 0 Å². The van der Waals surface area contributed by atoms with Gasteiger partial charge in [0.25, 0.3) is 5.56 Å². The Bertz CT molecular complexity index is 1360. The average molecular weight is 515 g/mol. The second-order valence-electron chi connectivity index (χ2n) is 9.79. The lowest BCUT2D eigenvalue weighted by atomic mass is 9.87. The predicted molar refractivity (Wildman–Crippen MR) is 127 cm³/mol. The fourth-order valence-electron chi connectivity index (χ4n) is 4.07. The van der Waals surface area contributed by atoms with E-state index in [0.29, 0.717) is 16.6 Å². The topological polar surface area (TPSA) is 68.9 Å². The van der Waals surface area contributed by atoms with Gasteiger partial charge in [0.15, 0.2) is 5.52 Å². The fraction of sp³-hybridized carbons (Fsp3) is 0.478. The van der Waals surface area contributed by atoms with Crippen LogP contribution in [0, 0.1) is 0 Å². The quantitative estimate of drug-likeness (QED) is 0.517. The zero-order valence-corrected chi connectivity index (χ0v) is 21.0. The Kier molecular flexibility index (Phi) is 6.02. The number of hydrogen-bond donors (Lipinski definition) is 1. The number of aromatic nitrogens is 3. The minimum absolute atomic E-state index is 0.161. The fourth-order valence-corrected chi connectivity index (χ4v) is 5.25. The molecule has 1 fully saturated rings. The third kappa shape index (κ3) is 4.31. The molecular formula is C23H26ClF3N4O2S. The summed E-state index contributed by atoms with van der Waals surface area (Å²) in [5.41, 5.74) is -1.37. The molecule has 0 aliphatic heterocycles. The number of rotatable bonds is 5. The van der Waals surface area contributed by atoms with Crippen LogP contribution in [0.2, 0.25) is 5.02 Å². The van der Waals surface area contributed by atoms with Crippen molar-refractivity contribution in [1.82, 2.24) is 19.1 Å². The second kappa shape index (κ2) is 8.20. The van der Waals surface area contributed by atoms with Crippen molar-refractivity contribution in [2.24, 2.45) is 7.05 Å². The maximum absolute atomic E-state index is 13.3. The lowest BCUT2D eigenvalue weighted by Gasteiger charge is -2.34. The number of pyridine rings is 1. The number of halogens is 4. The molecule has 0 spiro atoms. The standard InChI is InChI=1S/C23H26ClF3N4O2S/c1-21(2,3)34(33)29-22(4,13-6-9-16(17(24)12-13)23(25,26)27)19-15-10-11-31(14-7-8-14)20(32)18(15)28-30(19)5/h6,9-12,14,29H,7-8H2,1-5H3. The molecule has 3 aromatic rings. The van der Waals surface area contributed by atoms with Crippen LogP contribution in [0.5, 0.6) is 0 Å². The molecule has 0 saturated heterocycles. The van der Waals surface area contributed by atoms with Crippen molar-refractivity contribution >= 4 is 33.5 Å².